The largest absolute Gasteiger partial charge is 0.465 e. The Morgan fingerprint density at radius 1 is 0.970 bits per heavy atom. The lowest BCUT2D eigenvalue weighted by Gasteiger charge is -2.23. The van der Waals surface area contributed by atoms with Crippen LogP contribution in [0.4, 0.5) is 5.69 Å². The van der Waals surface area contributed by atoms with Gasteiger partial charge < -0.3 is 14.4 Å². The van der Waals surface area contributed by atoms with Gasteiger partial charge in [-0.3, -0.25) is 0 Å². The smallest absolute Gasteiger partial charge is 0.340 e. The zero-order chi connectivity index (χ0) is 24.0. The Morgan fingerprint density at radius 3 is 2.18 bits per heavy atom. The van der Waals surface area contributed by atoms with Crippen LogP contribution in [-0.2, 0) is 26.1 Å². The Balaban J connectivity index is 1.86. The number of ether oxygens (including phenoxy) is 2. The van der Waals surface area contributed by atoms with Crippen LogP contribution in [0.25, 0.3) is 0 Å². The van der Waals surface area contributed by atoms with Crippen LogP contribution >= 0.6 is 0 Å². The third-order valence-electron chi connectivity index (χ3n) is 5.72. The maximum absolute atomic E-state index is 13.1. The number of anilines is 1. The molecule has 3 rings (SSSR count). The molecule has 178 valence electrons. The number of carbonyl (C=O) groups excluding carboxylic acids is 2. The van der Waals surface area contributed by atoms with Crippen LogP contribution < -0.4 is 4.90 Å². The van der Waals surface area contributed by atoms with E-state index in [0.717, 1.165) is 25.9 Å². The first kappa shape index (κ1) is 24.7. The lowest BCUT2D eigenvalue weighted by atomic mass is 10.1. The molecule has 9 heteroatoms. The predicted octanol–water partition coefficient (Wildman–Crippen LogP) is 3.46. The third kappa shape index (κ3) is 5.54. The van der Waals surface area contributed by atoms with Crippen LogP contribution in [0.5, 0.6) is 0 Å². The van der Waals surface area contributed by atoms with Gasteiger partial charge in [-0.25, -0.2) is 18.0 Å². The number of hydrogen-bond acceptors (Lipinski definition) is 7. The van der Waals surface area contributed by atoms with E-state index in [2.05, 4.69) is 9.64 Å². The predicted molar refractivity (Wildman–Crippen MR) is 125 cm³/mol. The zero-order valence-electron chi connectivity index (χ0n) is 19.2. The molecule has 0 N–H and O–H groups in total. The zero-order valence-corrected chi connectivity index (χ0v) is 20.1. The summed E-state index contributed by atoms with van der Waals surface area (Å²) >= 11 is 0. The van der Waals surface area contributed by atoms with Crippen molar-refractivity contribution in [2.24, 2.45) is 0 Å². The Morgan fingerprint density at radius 2 is 1.61 bits per heavy atom. The second-order valence-electron chi connectivity index (χ2n) is 7.73. The average molecular weight is 475 g/mol. The van der Waals surface area contributed by atoms with Gasteiger partial charge in [0.1, 0.15) is 6.61 Å². The van der Waals surface area contributed by atoms with Crippen molar-refractivity contribution in [1.29, 1.82) is 0 Å². The summed E-state index contributed by atoms with van der Waals surface area (Å²) in [6.07, 6.45) is 2.03. The van der Waals surface area contributed by atoms with E-state index < -0.39 is 22.0 Å². The van der Waals surface area contributed by atoms with E-state index in [-0.39, 0.29) is 17.1 Å². The van der Waals surface area contributed by atoms with Gasteiger partial charge in [-0.15, -0.1) is 0 Å². The molecule has 0 aromatic heterocycles. The molecule has 2 aromatic rings. The molecule has 1 saturated heterocycles. The summed E-state index contributed by atoms with van der Waals surface area (Å²) in [6.45, 7) is 5.84. The van der Waals surface area contributed by atoms with E-state index in [0.29, 0.717) is 29.9 Å². The first-order valence-electron chi connectivity index (χ1n) is 11.0. The van der Waals surface area contributed by atoms with Gasteiger partial charge in [0.2, 0.25) is 10.0 Å². The Labute approximate surface area is 195 Å². The summed E-state index contributed by atoms with van der Waals surface area (Å²) in [6, 6.07) is 11.2. The number of sulfonamides is 1. The maximum Gasteiger partial charge on any atom is 0.340 e. The molecule has 1 aliphatic heterocycles. The summed E-state index contributed by atoms with van der Waals surface area (Å²) in [4.78, 5) is 26.8. The van der Waals surface area contributed by atoms with E-state index >= 15 is 0 Å². The first-order chi connectivity index (χ1) is 15.8. The second kappa shape index (κ2) is 10.8. The molecule has 8 nitrogen and oxygen atoms in total. The van der Waals surface area contributed by atoms with Crippen molar-refractivity contribution in [3.8, 4) is 0 Å². The maximum atomic E-state index is 13.1. The molecule has 1 heterocycles. The minimum atomic E-state index is -3.72. The molecular weight excluding hydrogens is 444 g/mol. The highest BCUT2D eigenvalue weighted by molar-refractivity contribution is 7.89. The minimum absolute atomic E-state index is 0.00719. The van der Waals surface area contributed by atoms with Crippen molar-refractivity contribution in [3.05, 3.63) is 59.2 Å². The van der Waals surface area contributed by atoms with E-state index in [1.54, 1.807) is 50.2 Å². The van der Waals surface area contributed by atoms with Gasteiger partial charge in [0, 0.05) is 26.2 Å². The molecule has 1 fully saturated rings. The van der Waals surface area contributed by atoms with Crippen LogP contribution in [0.15, 0.2) is 47.4 Å². The van der Waals surface area contributed by atoms with Crippen LogP contribution in [0.3, 0.4) is 0 Å². The molecule has 0 bridgehead atoms. The van der Waals surface area contributed by atoms with Crippen molar-refractivity contribution in [2.45, 2.75) is 38.2 Å². The Bertz CT molecular complexity index is 1090. The van der Waals surface area contributed by atoms with E-state index in [9.17, 15) is 18.0 Å². The first-order valence-corrected chi connectivity index (χ1v) is 12.5. The number of esters is 2. The molecule has 0 amide bonds. The molecule has 0 saturated carbocycles. The molecule has 2 aromatic carbocycles. The standard InChI is InChI=1S/C24H30N2O6S/c1-4-26(5-2)33(29,30)20-12-13-22(25-14-6-7-15-25)21(16-20)24(28)32-17-18-8-10-19(11-9-18)23(27)31-3/h8-13,16H,4-7,14-15,17H2,1-3H3. The number of methoxy groups -OCH3 is 1. The Kier molecular flexibility index (Phi) is 8.10. The fraction of sp³-hybridized carbons (Fsp3) is 0.417. The van der Waals surface area contributed by atoms with Crippen LogP contribution in [0.2, 0.25) is 0 Å². The summed E-state index contributed by atoms with van der Waals surface area (Å²) in [7, 11) is -2.41. The fourth-order valence-corrected chi connectivity index (χ4v) is 5.35. The quantitative estimate of drug-likeness (QED) is 0.514. The van der Waals surface area contributed by atoms with Crippen molar-refractivity contribution in [1.82, 2.24) is 4.31 Å². The van der Waals surface area contributed by atoms with Gasteiger partial charge >= 0.3 is 11.9 Å². The molecule has 0 radical (unpaired) electrons. The highest BCUT2D eigenvalue weighted by Gasteiger charge is 2.27. The summed E-state index contributed by atoms with van der Waals surface area (Å²) in [5, 5.41) is 0. The number of rotatable bonds is 9. The molecule has 1 aliphatic rings. The summed E-state index contributed by atoms with van der Waals surface area (Å²) in [5.41, 5.74) is 2.01. The molecule has 0 spiro atoms. The minimum Gasteiger partial charge on any atom is -0.465 e. The highest BCUT2D eigenvalue weighted by atomic mass is 32.2. The van der Waals surface area contributed by atoms with Crippen molar-refractivity contribution in [3.63, 3.8) is 0 Å². The highest BCUT2D eigenvalue weighted by Crippen LogP contribution is 2.29. The van der Waals surface area contributed by atoms with Crippen molar-refractivity contribution < 1.29 is 27.5 Å². The number of carbonyl (C=O) groups is 2. The van der Waals surface area contributed by atoms with Gasteiger partial charge in [0.25, 0.3) is 0 Å². The Hall–Kier alpha value is -2.91. The van der Waals surface area contributed by atoms with Crippen LogP contribution in [-0.4, -0.2) is 58.0 Å². The average Bonchev–Trinajstić information content (AvgIpc) is 3.37. The molecule has 33 heavy (non-hydrogen) atoms. The topological polar surface area (TPSA) is 93.2 Å². The van der Waals surface area contributed by atoms with Gasteiger partial charge in [0.05, 0.1) is 28.8 Å². The number of benzene rings is 2. The van der Waals surface area contributed by atoms with Gasteiger partial charge in [-0.1, -0.05) is 26.0 Å². The lowest BCUT2D eigenvalue weighted by molar-refractivity contribution is 0.0472. The summed E-state index contributed by atoms with van der Waals surface area (Å²) in [5.74, 6) is -1.04. The summed E-state index contributed by atoms with van der Waals surface area (Å²) < 4.78 is 37.6. The second-order valence-corrected chi connectivity index (χ2v) is 9.67. The van der Waals surface area contributed by atoms with E-state index in [1.807, 2.05) is 0 Å². The van der Waals surface area contributed by atoms with Crippen molar-refractivity contribution >= 4 is 27.6 Å². The number of nitrogens with zero attached hydrogens (tertiary/aromatic N) is 2. The molecule has 0 aliphatic carbocycles. The van der Waals surface area contributed by atoms with Gasteiger partial charge in [-0.2, -0.15) is 4.31 Å². The normalized spacial score (nSPS) is 13.9. The van der Waals surface area contributed by atoms with Crippen LogP contribution in [0.1, 0.15) is 53.0 Å². The monoisotopic (exact) mass is 474 g/mol. The molecule has 0 unspecified atom stereocenters. The van der Waals surface area contributed by atoms with Gasteiger partial charge in [0.15, 0.2) is 0 Å². The van der Waals surface area contributed by atoms with E-state index in [1.165, 1.54) is 17.5 Å². The van der Waals surface area contributed by atoms with Crippen LogP contribution in [0, 0.1) is 0 Å². The third-order valence-corrected chi connectivity index (χ3v) is 7.77. The van der Waals surface area contributed by atoms with E-state index in [4.69, 9.17) is 4.74 Å². The molecule has 0 atom stereocenters. The number of hydrogen-bond donors (Lipinski definition) is 0. The van der Waals surface area contributed by atoms with Crippen molar-refractivity contribution in [2.75, 3.05) is 38.2 Å². The molecular formula is C24H30N2O6S. The van der Waals surface area contributed by atoms with Gasteiger partial charge in [-0.05, 0) is 48.7 Å². The fourth-order valence-electron chi connectivity index (χ4n) is 3.87. The SMILES string of the molecule is CCN(CC)S(=O)(=O)c1ccc(N2CCCC2)c(C(=O)OCc2ccc(C(=O)OC)cc2)c1. The lowest BCUT2D eigenvalue weighted by Crippen LogP contribution is -2.31.